The molecule has 0 aliphatic carbocycles. The first-order valence-electron chi connectivity index (χ1n) is 9.99. The van der Waals surface area contributed by atoms with Gasteiger partial charge in [0.05, 0.1) is 26.1 Å². The molecule has 0 spiro atoms. The van der Waals surface area contributed by atoms with Crippen LogP contribution in [0.5, 0.6) is 17.2 Å². The van der Waals surface area contributed by atoms with Gasteiger partial charge < -0.3 is 14.2 Å². The summed E-state index contributed by atoms with van der Waals surface area (Å²) < 4.78 is 16.5. The Kier molecular flexibility index (Phi) is 6.99. The Balaban J connectivity index is 1.37. The minimum absolute atomic E-state index is 0.526. The van der Waals surface area contributed by atoms with Gasteiger partial charge in [0.15, 0.2) is 11.5 Å². The van der Waals surface area contributed by atoms with E-state index in [1.54, 1.807) is 20.4 Å². The summed E-state index contributed by atoms with van der Waals surface area (Å²) in [6.07, 6.45) is 1.74. The van der Waals surface area contributed by atoms with Gasteiger partial charge in [0.25, 0.3) is 0 Å². The molecule has 0 amide bonds. The molecule has 1 heterocycles. The number of hydrogen-bond acceptors (Lipinski definition) is 7. The molecular weight excluding hydrogens is 422 g/mol. The van der Waals surface area contributed by atoms with E-state index in [1.807, 2.05) is 78.2 Å². The molecule has 0 bridgehead atoms. The van der Waals surface area contributed by atoms with Crippen LogP contribution in [0.2, 0.25) is 0 Å². The first kappa shape index (κ1) is 21.4. The number of rotatable bonds is 9. The summed E-state index contributed by atoms with van der Waals surface area (Å²) in [5.74, 6) is 2.15. The van der Waals surface area contributed by atoms with E-state index in [9.17, 15) is 0 Å². The summed E-state index contributed by atoms with van der Waals surface area (Å²) in [6.45, 7) is 0.526. The Morgan fingerprint density at radius 3 is 2.59 bits per heavy atom. The summed E-state index contributed by atoms with van der Waals surface area (Å²) in [4.78, 5) is 4.60. The van der Waals surface area contributed by atoms with Gasteiger partial charge in [-0.3, -0.25) is 5.43 Å². The van der Waals surface area contributed by atoms with Crippen molar-refractivity contribution in [3.05, 3.63) is 89.3 Å². The number of methoxy groups -OCH3 is 2. The van der Waals surface area contributed by atoms with Crippen LogP contribution in [0.1, 0.15) is 11.1 Å². The third-order valence-corrected chi connectivity index (χ3v) is 5.41. The lowest BCUT2D eigenvalue weighted by molar-refractivity contribution is 0.306. The average Bonchev–Trinajstić information content (AvgIpc) is 3.32. The Morgan fingerprint density at radius 2 is 1.78 bits per heavy atom. The quantitative estimate of drug-likeness (QED) is 0.258. The number of aromatic nitrogens is 1. The highest BCUT2D eigenvalue weighted by atomic mass is 32.1. The van der Waals surface area contributed by atoms with Crippen molar-refractivity contribution in [3.8, 4) is 28.5 Å². The van der Waals surface area contributed by atoms with E-state index in [1.165, 1.54) is 11.3 Å². The van der Waals surface area contributed by atoms with E-state index >= 15 is 0 Å². The zero-order valence-electron chi connectivity index (χ0n) is 17.8. The number of anilines is 1. The van der Waals surface area contributed by atoms with Crippen LogP contribution in [0.15, 0.2) is 83.3 Å². The van der Waals surface area contributed by atoms with Crippen LogP contribution < -0.4 is 19.6 Å². The van der Waals surface area contributed by atoms with Gasteiger partial charge in [-0.05, 0) is 41.5 Å². The summed E-state index contributed by atoms with van der Waals surface area (Å²) in [7, 11) is 3.23. The lowest BCUT2D eigenvalue weighted by Gasteiger charge is -2.08. The topological polar surface area (TPSA) is 65.0 Å². The maximum Gasteiger partial charge on any atom is 0.203 e. The van der Waals surface area contributed by atoms with Crippen LogP contribution in [-0.4, -0.2) is 25.4 Å². The largest absolute Gasteiger partial charge is 0.493 e. The molecule has 0 saturated heterocycles. The molecule has 0 aliphatic heterocycles. The van der Waals surface area contributed by atoms with Crippen molar-refractivity contribution in [1.29, 1.82) is 0 Å². The van der Waals surface area contributed by atoms with E-state index < -0.39 is 0 Å². The number of hydrazone groups is 1. The van der Waals surface area contributed by atoms with Gasteiger partial charge in [-0.25, -0.2) is 4.98 Å². The third kappa shape index (κ3) is 5.44. The second-order valence-corrected chi connectivity index (χ2v) is 7.68. The van der Waals surface area contributed by atoms with Gasteiger partial charge in [0, 0.05) is 10.9 Å². The van der Waals surface area contributed by atoms with Gasteiger partial charge >= 0.3 is 0 Å². The lowest BCUT2D eigenvalue weighted by atomic mass is 10.1. The SMILES string of the molecule is COc1ccc(-c2csc(N/N=C\c3cccc(OCc4ccccc4)c3)n2)cc1OC. The molecule has 6 nitrogen and oxygen atoms in total. The van der Waals surface area contributed by atoms with Crippen molar-refractivity contribution < 1.29 is 14.2 Å². The Morgan fingerprint density at radius 1 is 0.938 bits per heavy atom. The fourth-order valence-corrected chi connectivity index (χ4v) is 3.71. The zero-order valence-corrected chi connectivity index (χ0v) is 18.6. The maximum absolute atomic E-state index is 5.87. The number of ether oxygens (including phenoxy) is 3. The van der Waals surface area contributed by atoms with Gasteiger partial charge in [-0.1, -0.05) is 42.5 Å². The number of thiazole rings is 1. The smallest absolute Gasteiger partial charge is 0.203 e. The van der Waals surface area contributed by atoms with Crippen LogP contribution in [-0.2, 0) is 6.61 Å². The molecule has 7 heteroatoms. The van der Waals surface area contributed by atoms with Crippen molar-refractivity contribution >= 4 is 22.7 Å². The van der Waals surface area contributed by atoms with Crippen molar-refractivity contribution in [2.75, 3.05) is 19.6 Å². The number of nitrogens with one attached hydrogen (secondary N) is 1. The van der Waals surface area contributed by atoms with Crippen molar-refractivity contribution in [3.63, 3.8) is 0 Å². The van der Waals surface area contributed by atoms with Crippen LogP contribution in [0, 0.1) is 0 Å². The Labute approximate surface area is 191 Å². The normalized spacial score (nSPS) is 10.8. The first-order chi connectivity index (χ1) is 15.7. The summed E-state index contributed by atoms with van der Waals surface area (Å²) in [5.41, 5.74) is 6.83. The van der Waals surface area contributed by atoms with Crippen molar-refractivity contribution in [1.82, 2.24) is 4.98 Å². The predicted molar refractivity (Wildman–Crippen MR) is 129 cm³/mol. The molecule has 32 heavy (non-hydrogen) atoms. The van der Waals surface area contributed by atoms with Crippen LogP contribution in [0.4, 0.5) is 5.13 Å². The maximum atomic E-state index is 5.87. The lowest BCUT2D eigenvalue weighted by Crippen LogP contribution is -1.96. The molecule has 162 valence electrons. The van der Waals surface area contributed by atoms with E-state index in [4.69, 9.17) is 14.2 Å². The van der Waals surface area contributed by atoms with Gasteiger partial charge in [-0.2, -0.15) is 5.10 Å². The van der Waals surface area contributed by atoms with E-state index in [2.05, 4.69) is 15.5 Å². The van der Waals surface area contributed by atoms with Gasteiger partial charge in [0.1, 0.15) is 12.4 Å². The first-order valence-corrected chi connectivity index (χ1v) is 10.9. The molecule has 1 aromatic heterocycles. The van der Waals surface area contributed by atoms with E-state index in [0.29, 0.717) is 23.2 Å². The second kappa shape index (κ2) is 10.5. The van der Waals surface area contributed by atoms with Gasteiger partial charge in [0.2, 0.25) is 5.13 Å². The molecule has 0 saturated carbocycles. The fraction of sp³-hybridized carbons (Fsp3) is 0.120. The molecule has 4 rings (SSSR count). The highest BCUT2D eigenvalue weighted by Crippen LogP contribution is 2.33. The second-order valence-electron chi connectivity index (χ2n) is 6.82. The molecule has 0 atom stereocenters. The minimum atomic E-state index is 0.526. The summed E-state index contributed by atoms with van der Waals surface area (Å²) in [6, 6.07) is 23.6. The molecule has 0 fully saturated rings. The fourth-order valence-electron chi connectivity index (χ4n) is 3.04. The van der Waals surface area contributed by atoms with Crippen molar-refractivity contribution in [2.24, 2.45) is 5.10 Å². The summed E-state index contributed by atoms with van der Waals surface area (Å²) in [5, 5.41) is 6.98. The standard InChI is InChI=1S/C25H23N3O3S/c1-29-23-12-11-20(14-24(23)30-2)22-17-32-25(27-22)28-26-15-19-9-6-10-21(13-19)31-16-18-7-4-3-5-8-18/h3-15,17H,16H2,1-2H3,(H,27,28)/b26-15-. The monoisotopic (exact) mass is 445 g/mol. The Hall–Kier alpha value is -3.84. The van der Waals surface area contributed by atoms with E-state index in [0.717, 1.165) is 28.1 Å². The summed E-state index contributed by atoms with van der Waals surface area (Å²) >= 11 is 1.48. The highest BCUT2D eigenvalue weighted by molar-refractivity contribution is 7.14. The van der Waals surface area contributed by atoms with Crippen LogP contribution in [0.3, 0.4) is 0 Å². The Bertz CT molecular complexity index is 1190. The molecular formula is C25H23N3O3S. The number of benzene rings is 3. The molecule has 0 aliphatic rings. The van der Waals surface area contributed by atoms with Gasteiger partial charge in [-0.15, -0.1) is 11.3 Å². The van der Waals surface area contributed by atoms with Crippen LogP contribution in [0.25, 0.3) is 11.3 Å². The molecule has 1 N–H and O–H groups in total. The predicted octanol–water partition coefficient (Wildman–Crippen LogP) is 5.85. The number of nitrogens with zero attached hydrogens (tertiary/aromatic N) is 2. The van der Waals surface area contributed by atoms with Crippen molar-refractivity contribution in [2.45, 2.75) is 6.61 Å². The zero-order chi connectivity index (χ0) is 22.2. The molecule has 4 aromatic rings. The van der Waals surface area contributed by atoms with E-state index in [-0.39, 0.29) is 0 Å². The minimum Gasteiger partial charge on any atom is -0.493 e. The molecule has 0 radical (unpaired) electrons. The molecule has 0 unspecified atom stereocenters. The molecule has 3 aromatic carbocycles. The van der Waals surface area contributed by atoms with Crippen LogP contribution >= 0.6 is 11.3 Å². The highest BCUT2D eigenvalue weighted by Gasteiger charge is 2.09. The third-order valence-electron chi connectivity index (χ3n) is 4.66. The number of hydrogen-bond donors (Lipinski definition) is 1. The average molecular weight is 446 g/mol.